The summed E-state index contributed by atoms with van der Waals surface area (Å²) in [6, 6.07) is 5.03. The molecule has 33 heavy (non-hydrogen) atoms. The molecule has 2 heterocycles. The number of anilines is 1. The lowest BCUT2D eigenvalue weighted by molar-refractivity contribution is -0.121. The van der Waals surface area contributed by atoms with E-state index in [-0.39, 0.29) is 35.8 Å². The fraction of sp³-hybridized carbons (Fsp3) is 0.136. The number of benzene rings is 2. The number of hydrogen-bond donors (Lipinski definition) is 1. The van der Waals surface area contributed by atoms with Crippen molar-refractivity contribution in [3.05, 3.63) is 88.4 Å². The second-order valence-electron chi connectivity index (χ2n) is 7.13. The molecule has 1 aliphatic rings. The van der Waals surface area contributed by atoms with Gasteiger partial charge in [-0.05, 0) is 23.8 Å². The van der Waals surface area contributed by atoms with Crippen LogP contribution in [0, 0.1) is 29.1 Å². The van der Waals surface area contributed by atoms with E-state index in [9.17, 15) is 31.5 Å². The van der Waals surface area contributed by atoms with Crippen LogP contribution in [-0.4, -0.2) is 23.4 Å². The maximum atomic E-state index is 13.8. The minimum absolute atomic E-state index is 0.0126. The summed E-state index contributed by atoms with van der Waals surface area (Å²) in [5.41, 5.74) is -0.386. The molecule has 0 saturated carbocycles. The van der Waals surface area contributed by atoms with Crippen LogP contribution in [0.1, 0.15) is 21.5 Å². The number of aromatic nitrogens is 1. The quantitative estimate of drug-likeness (QED) is 0.587. The zero-order valence-electron chi connectivity index (χ0n) is 16.7. The number of fused-ring (bicyclic) bond motifs is 1. The van der Waals surface area contributed by atoms with Crippen LogP contribution in [0.2, 0.25) is 0 Å². The first-order chi connectivity index (χ1) is 15.7. The highest BCUT2D eigenvalue weighted by atomic mass is 19.2. The van der Waals surface area contributed by atoms with Gasteiger partial charge in [0.2, 0.25) is 5.88 Å². The first-order valence-electron chi connectivity index (χ1n) is 9.51. The molecule has 1 aromatic heterocycles. The number of ether oxygens (including phenoxy) is 1. The second kappa shape index (κ2) is 8.85. The molecule has 170 valence electrons. The Labute approximate surface area is 183 Å². The molecule has 0 aliphatic carbocycles. The van der Waals surface area contributed by atoms with Crippen LogP contribution in [0.5, 0.6) is 5.88 Å². The number of amides is 2. The number of hydrogen-bond acceptors (Lipinski definition) is 4. The van der Waals surface area contributed by atoms with E-state index in [0.717, 1.165) is 23.2 Å². The Morgan fingerprint density at radius 1 is 0.970 bits per heavy atom. The van der Waals surface area contributed by atoms with Gasteiger partial charge in [0.1, 0.15) is 34.8 Å². The molecule has 1 N–H and O–H groups in total. The Kier molecular flexibility index (Phi) is 5.95. The summed E-state index contributed by atoms with van der Waals surface area (Å²) in [6.07, 6.45) is 1.13. The molecule has 11 heteroatoms. The third-order valence-corrected chi connectivity index (χ3v) is 4.81. The highest BCUT2D eigenvalue weighted by molar-refractivity contribution is 6.00. The summed E-state index contributed by atoms with van der Waals surface area (Å²) >= 11 is 0. The van der Waals surface area contributed by atoms with E-state index in [2.05, 4.69) is 10.3 Å². The summed E-state index contributed by atoms with van der Waals surface area (Å²) in [5, 5.41) is 2.29. The van der Waals surface area contributed by atoms with Crippen molar-refractivity contribution in [2.75, 3.05) is 11.5 Å². The summed E-state index contributed by atoms with van der Waals surface area (Å²) in [4.78, 5) is 30.0. The minimum Gasteiger partial charge on any atom is -0.466 e. The third kappa shape index (κ3) is 4.76. The lowest BCUT2D eigenvalue weighted by atomic mass is 10.1. The van der Waals surface area contributed by atoms with Crippen molar-refractivity contribution in [3.8, 4) is 5.88 Å². The van der Waals surface area contributed by atoms with Gasteiger partial charge in [-0.3, -0.25) is 9.59 Å². The SMILES string of the molecule is O=C(NCc1c(F)cc(F)cc1F)c1cnc2c(c1)N(Cc1cc(F)cc(F)c1)C(=O)CO2. The number of halogens is 5. The minimum atomic E-state index is -1.16. The van der Waals surface area contributed by atoms with Crippen LogP contribution >= 0.6 is 0 Å². The van der Waals surface area contributed by atoms with Gasteiger partial charge in [-0.2, -0.15) is 0 Å². The molecule has 2 aromatic carbocycles. The van der Waals surface area contributed by atoms with Crippen LogP contribution in [-0.2, 0) is 17.9 Å². The standard InChI is InChI=1S/C22H14F5N3O3/c23-13-1-11(2-14(24)4-13)9-30-19-3-12(7-29-22(19)33-10-20(30)31)21(32)28-8-16-17(26)5-15(25)6-18(16)27/h1-7H,8-10H2,(H,28,32). The van der Waals surface area contributed by atoms with Gasteiger partial charge in [0, 0.05) is 36.5 Å². The van der Waals surface area contributed by atoms with Crippen molar-refractivity contribution in [3.63, 3.8) is 0 Å². The number of nitrogens with one attached hydrogen (secondary N) is 1. The van der Waals surface area contributed by atoms with Crippen LogP contribution in [0.25, 0.3) is 0 Å². The Balaban J connectivity index is 1.57. The fourth-order valence-corrected chi connectivity index (χ4v) is 3.28. The molecule has 2 amide bonds. The highest BCUT2D eigenvalue weighted by Gasteiger charge is 2.28. The summed E-state index contributed by atoms with van der Waals surface area (Å²) in [5.74, 6) is -6.38. The first kappa shape index (κ1) is 22.2. The van der Waals surface area contributed by atoms with Gasteiger partial charge in [0.25, 0.3) is 11.8 Å². The van der Waals surface area contributed by atoms with Crippen molar-refractivity contribution < 1.29 is 36.3 Å². The Hall–Kier alpha value is -4.02. The maximum absolute atomic E-state index is 13.8. The summed E-state index contributed by atoms with van der Waals surface area (Å²) < 4.78 is 72.9. The van der Waals surface area contributed by atoms with E-state index in [1.165, 1.54) is 6.07 Å². The van der Waals surface area contributed by atoms with Gasteiger partial charge in [-0.15, -0.1) is 0 Å². The molecular formula is C22H14F5N3O3. The largest absolute Gasteiger partial charge is 0.466 e. The zero-order chi connectivity index (χ0) is 23.7. The van der Waals surface area contributed by atoms with Gasteiger partial charge in [-0.1, -0.05) is 0 Å². The molecule has 0 bridgehead atoms. The van der Waals surface area contributed by atoms with Crippen molar-refractivity contribution in [2.24, 2.45) is 0 Å². The van der Waals surface area contributed by atoms with Crippen LogP contribution in [0.4, 0.5) is 27.6 Å². The number of rotatable bonds is 5. The molecule has 0 unspecified atom stereocenters. The first-order valence-corrected chi connectivity index (χ1v) is 9.51. The van der Waals surface area contributed by atoms with Gasteiger partial charge >= 0.3 is 0 Å². The van der Waals surface area contributed by atoms with Crippen molar-refractivity contribution >= 4 is 17.5 Å². The predicted molar refractivity (Wildman–Crippen MR) is 105 cm³/mol. The molecular weight excluding hydrogens is 449 g/mol. The number of nitrogens with zero attached hydrogens (tertiary/aromatic N) is 2. The molecule has 0 saturated heterocycles. The van der Waals surface area contributed by atoms with E-state index in [4.69, 9.17) is 4.74 Å². The number of carbonyl (C=O) groups excluding carboxylic acids is 2. The molecule has 0 fully saturated rings. The highest BCUT2D eigenvalue weighted by Crippen LogP contribution is 2.32. The zero-order valence-corrected chi connectivity index (χ0v) is 16.7. The predicted octanol–water partition coefficient (Wildman–Crippen LogP) is 3.63. The molecule has 4 rings (SSSR count). The van der Waals surface area contributed by atoms with Gasteiger partial charge in [0.15, 0.2) is 6.61 Å². The average molecular weight is 463 g/mol. The molecule has 6 nitrogen and oxygen atoms in total. The number of pyridine rings is 1. The van der Waals surface area contributed by atoms with Crippen molar-refractivity contribution in [1.82, 2.24) is 10.3 Å². The van der Waals surface area contributed by atoms with E-state index in [0.29, 0.717) is 18.2 Å². The third-order valence-electron chi connectivity index (χ3n) is 4.81. The monoisotopic (exact) mass is 463 g/mol. The van der Waals surface area contributed by atoms with Crippen LogP contribution in [0.3, 0.4) is 0 Å². The second-order valence-corrected chi connectivity index (χ2v) is 7.13. The Bertz CT molecular complexity index is 1220. The van der Waals surface area contributed by atoms with Gasteiger partial charge in [-0.25, -0.2) is 26.9 Å². The van der Waals surface area contributed by atoms with Crippen LogP contribution < -0.4 is 15.0 Å². The molecule has 0 atom stereocenters. The lowest BCUT2D eigenvalue weighted by Crippen LogP contribution is -2.39. The fourth-order valence-electron chi connectivity index (χ4n) is 3.28. The van der Waals surface area contributed by atoms with Crippen LogP contribution in [0.15, 0.2) is 42.6 Å². The maximum Gasteiger partial charge on any atom is 0.265 e. The van der Waals surface area contributed by atoms with E-state index < -0.39 is 53.0 Å². The summed E-state index contributed by atoms with van der Waals surface area (Å²) in [7, 11) is 0. The lowest BCUT2D eigenvalue weighted by Gasteiger charge is -2.29. The average Bonchev–Trinajstić information content (AvgIpc) is 2.74. The molecule has 3 aromatic rings. The molecule has 1 aliphatic heterocycles. The van der Waals surface area contributed by atoms with Crippen molar-refractivity contribution in [1.29, 1.82) is 0 Å². The smallest absolute Gasteiger partial charge is 0.265 e. The molecule has 0 spiro atoms. The Morgan fingerprint density at radius 3 is 2.27 bits per heavy atom. The normalized spacial score (nSPS) is 12.9. The van der Waals surface area contributed by atoms with E-state index in [1.807, 2.05) is 0 Å². The van der Waals surface area contributed by atoms with E-state index in [1.54, 1.807) is 0 Å². The van der Waals surface area contributed by atoms with Gasteiger partial charge in [0.05, 0.1) is 12.1 Å². The topological polar surface area (TPSA) is 71.5 Å². The summed E-state index contributed by atoms with van der Waals surface area (Å²) in [6.45, 7) is -1.16. The Morgan fingerprint density at radius 2 is 1.61 bits per heavy atom. The molecule has 0 radical (unpaired) electrons. The number of carbonyl (C=O) groups is 2. The van der Waals surface area contributed by atoms with Gasteiger partial charge < -0.3 is 15.0 Å². The van der Waals surface area contributed by atoms with Crippen molar-refractivity contribution in [2.45, 2.75) is 13.1 Å². The van der Waals surface area contributed by atoms with E-state index >= 15 is 0 Å².